The van der Waals surface area contributed by atoms with Crippen LogP contribution in [0.1, 0.15) is 54.4 Å². The third-order valence-corrected chi connectivity index (χ3v) is 7.76. The van der Waals surface area contributed by atoms with Gasteiger partial charge in [-0.3, -0.25) is 14.5 Å². The largest absolute Gasteiger partial charge is 0.351 e. The lowest BCUT2D eigenvalue weighted by atomic mass is 9.85. The van der Waals surface area contributed by atoms with Crippen molar-refractivity contribution in [2.45, 2.75) is 52.6 Å². The number of hydrogen-bond donors (Lipinski definition) is 1. The van der Waals surface area contributed by atoms with E-state index >= 15 is 0 Å². The lowest BCUT2D eigenvalue weighted by Gasteiger charge is -2.39. The van der Waals surface area contributed by atoms with Crippen LogP contribution in [0.2, 0.25) is 0 Å². The van der Waals surface area contributed by atoms with Crippen molar-refractivity contribution in [3.05, 3.63) is 57.8 Å². The van der Waals surface area contributed by atoms with Crippen molar-refractivity contribution in [3.63, 3.8) is 0 Å². The highest BCUT2D eigenvalue weighted by Gasteiger charge is 2.33. The van der Waals surface area contributed by atoms with Gasteiger partial charge in [-0.05, 0) is 47.3 Å². The quantitative estimate of drug-likeness (QED) is 0.739. The molecule has 0 radical (unpaired) electrons. The van der Waals surface area contributed by atoms with E-state index in [1.54, 1.807) is 0 Å². The van der Waals surface area contributed by atoms with E-state index in [2.05, 4.69) is 55.3 Å². The number of amides is 2. The van der Waals surface area contributed by atoms with E-state index in [9.17, 15) is 9.59 Å². The van der Waals surface area contributed by atoms with E-state index in [0.29, 0.717) is 13.1 Å². The van der Waals surface area contributed by atoms with Crippen LogP contribution in [-0.2, 0) is 17.8 Å². The first-order valence-electron chi connectivity index (χ1n) is 11.7. The molecule has 32 heavy (non-hydrogen) atoms. The van der Waals surface area contributed by atoms with Crippen LogP contribution in [0.4, 0.5) is 0 Å². The number of benzene rings is 1. The lowest BCUT2D eigenvalue weighted by molar-refractivity contribution is -0.128. The molecular formula is C26H35N3O2S. The first-order chi connectivity index (χ1) is 15.3. The number of carbonyl (C=O) groups excluding carboxylic acids is 2. The molecule has 5 nitrogen and oxygen atoms in total. The van der Waals surface area contributed by atoms with Gasteiger partial charge >= 0.3 is 0 Å². The Kier molecular flexibility index (Phi) is 7.01. The molecule has 0 saturated carbocycles. The summed E-state index contributed by atoms with van der Waals surface area (Å²) >= 11 is 1.48. The van der Waals surface area contributed by atoms with Crippen LogP contribution in [0.15, 0.2) is 41.8 Å². The monoisotopic (exact) mass is 453 g/mol. The zero-order valence-electron chi connectivity index (χ0n) is 19.5. The van der Waals surface area contributed by atoms with Gasteiger partial charge in [0.05, 0.1) is 4.88 Å². The van der Waals surface area contributed by atoms with Crippen LogP contribution in [0.3, 0.4) is 0 Å². The Bertz CT molecular complexity index is 927. The minimum atomic E-state index is -0.0253. The number of thiophene rings is 1. The minimum Gasteiger partial charge on any atom is -0.351 e. The molecule has 2 amide bonds. The third-order valence-electron chi connectivity index (χ3n) is 6.90. The molecule has 172 valence electrons. The molecule has 0 aliphatic carbocycles. The molecule has 6 heteroatoms. The number of carbonyl (C=O) groups is 2. The number of piperidine rings is 1. The average molecular weight is 454 g/mol. The van der Waals surface area contributed by atoms with Gasteiger partial charge in [0.1, 0.15) is 0 Å². The van der Waals surface area contributed by atoms with E-state index in [1.165, 1.54) is 22.5 Å². The number of nitrogens with zero attached hydrogens (tertiary/aromatic N) is 2. The second-order valence-electron chi connectivity index (χ2n) is 10.2. The highest BCUT2D eigenvalue weighted by Crippen LogP contribution is 2.26. The van der Waals surface area contributed by atoms with Gasteiger partial charge in [0.15, 0.2) is 0 Å². The molecular weight excluding hydrogens is 418 g/mol. The molecule has 2 aliphatic heterocycles. The van der Waals surface area contributed by atoms with Crippen molar-refractivity contribution < 1.29 is 9.59 Å². The van der Waals surface area contributed by atoms with Crippen molar-refractivity contribution in [1.82, 2.24) is 15.1 Å². The third kappa shape index (κ3) is 5.41. The highest BCUT2D eigenvalue weighted by molar-refractivity contribution is 7.12. The fraction of sp³-hybridized carbons (Fsp3) is 0.538. The van der Waals surface area contributed by atoms with Crippen LogP contribution in [0, 0.1) is 11.3 Å². The van der Waals surface area contributed by atoms with E-state index in [1.807, 2.05) is 22.4 Å². The van der Waals surface area contributed by atoms with Crippen LogP contribution in [-0.4, -0.2) is 53.8 Å². The van der Waals surface area contributed by atoms with Crippen LogP contribution in [0.25, 0.3) is 0 Å². The van der Waals surface area contributed by atoms with Crippen LogP contribution < -0.4 is 5.32 Å². The molecule has 1 aromatic carbocycles. The molecule has 0 bridgehead atoms. The average Bonchev–Trinajstić information content (AvgIpc) is 3.32. The minimum absolute atomic E-state index is 0.0192. The van der Waals surface area contributed by atoms with Gasteiger partial charge in [-0.25, -0.2) is 0 Å². The lowest BCUT2D eigenvalue weighted by Crippen LogP contribution is -2.53. The predicted molar refractivity (Wildman–Crippen MR) is 130 cm³/mol. The Morgan fingerprint density at radius 1 is 1.06 bits per heavy atom. The summed E-state index contributed by atoms with van der Waals surface area (Å²) in [6, 6.07) is 12.5. The number of fused-ring (bicyclic) bond motifs is 1. The summed E-state index contributed by atoms with van der Waals surface area (Å²) in [5, 5.41) is 5.32. The fourth-order valence-electron chi connectivity index (χ4n) is 4.69. The predicted octanol–water partition coefficient (Wildman–Crippen LogP) is 4.19. The SMILES string of the molecule is CC(C)(C)[C@@H](CN1CCc2ccccc2C1)NC(=O)C1CCN(C(=O)c2cccs2)CC1. The van der Waals surface area contributed by atoms with Gasteiger partial charge in [0.2, 0.25) is 5.91 Å². The number of rotatable bonds is 5. The maximum atomic E-state index is 13.2. The van der Waals surface area contributed by atoms with Crippen molar-refractivity contribution in [2.75, 3.05) is 26.2 Å². The molecule has 3 heterocycles. The van der Waals surface area contributed by atoms with Gasteiger partial charge < -0.3 is 10.2 Å². The Hall–Kier alpha value is -2.18. The van der Waals surface area contributed by atoms with Gasteiger partial charge in [-0.1, -0.05) is 51.1 Å². The van der Waals surface area contributed by atoms with E-state index in [-0.39, 0.29) is 29.2 Å². The van der Waals surface area contributed by atoms with E-state index < -0.39 is 0 Å². The van der Waals surface area contributed by atoms with Crippen molar-refractivity contribution >= 4 is 23.2 Å². The smallest absolute Gasteiger partial charge is 0.263 e. The summed E-state index contributed by atoms with van der Waals surface area (Å²) in [6.07, 6.45) is 2.53. The molecule has 2 aliphatic rings. The Morgan fingerprint density at radius 2 is 1.78 bits per heavy atom. The Balaban J connectivity index is 1.32. The van der Waals surface area contributed by atoms with Crippen LogP contribution >= 0.6 is 11.3 Å². The molecule has 1 atom stereocenters. The van der Waals surface area contributed by atoms with E-state index in [4.69, 9.17) is 0 Å². The molecule has 2 aromatic rings. The molecule has 1 saturated heterocycles. The first-order valence-corrected chi connectivity index (χ1v) is 12.6. The molecule has 1 N–H and O–H groups in total. The summed E-state index contributed by atoms with van der Waals surface area (Å²) in [7, 11) is 0. The molecule has 1 fully saturated rings. The molecule has 4 rings (SSSR count). The maximum absolute atomic E-state index is 13.2. The van der Waals surface area contributed by atoms with Gasteiger partial charge in [0, 0.05) is 44.7 Å². The Morgan fingerprint density at radius 3 is 2.44 bits per heavy atom. The highest BCUT2D eigenvalue weighted by atomic mass is 32.1. The van der Waals surface area contributed by atoms with Crippen LogP contribution in [0.5, 0.6) is 0 Å². The normalized spacial score (nSPS) is 18.8. The number of hydrogen-bond acceptors (Lipinski definition) is 4. The summed E-state index contributed by atoms with van der Waals surface area (Å²) < 4.78 is 0. The number of likely N-dealkylation sites (tertiary alicyclic amines) is 1. The summed E-state index contributed by atoms with van der Waals surface area (Å²) in [5.74, 6) is 0.219. The molecule has 0 unspecified atom stereocenters. The standard InChI is InChI=1S/C26H35N3O2S/c1-26(2,3)23(18-28-13-10-19-7-4-5-8-21(19)17-28)27-24(30)20-11-14-29(15-12-20)25(31)22-9-6-16-32-22/h4-9,16,20,23H,10-15,17-18H2,1-3H3,(H,27,30)/t23-/m1/s1. The Labute approximate surface area is 195 Å². The number of nitrogens with one attached hydrogen (secondary N) is 1. The van der Waals surface area contributed by atoms with Gasteiger partial charge in [-0.2, -0.15) is 0 Å². The van der Waals surface area contributed by atoms with Gasteiger partial charge in [-0.15, -0.1) is 11.3 Å². The molecule has 0 spiro atoms. The summed E-state index contributed by atoms with van der Waals surface area (Å²) in [5.41, 5.74) is 2.83. The van der Waals surface area contributed by atoms with Crippen molar-refractivity contribution in [2.24, 2.45) is 11.3 Å². The van der Waals surface area contributed by atoms with Crippen molar-refractivity contribution in [3.8, 4) is 0 Å². The maximum Gasteiger partial charge on any atom is 0.263 e. The summed E-state index contributed by atoms with van der Waals surface area (Å²) in [4.78, 5) is 30.9. The first kappa shape index (κ1) is 23.0. The summed E-state index contributed by atoms with van der Waals surface area (Å²) in [6.45, 7) is 10.8. The van der Waals surface area contributed by atoms with E-state index in [0.717, 1.165) is 43.8 Å². The van der Waals surface area contributed by atoms with Crippen molar-refractivity contribution in [1.29, 1.82) is 0 Å². The second-order valence-corrected chi connectivity index (χ2v) is 11.2. The van der Waals surface area contributed by atoms with Gasteiger partial charge in [0.25, 0.3) is 5.91 Å². The zero-order chi connectivity index (χ0) is 22.7. The fourth-order valence-corrected chi connectivity index (χ4v) is 5.39. The topological polar surface area (TPSA) is 52.7 Å². The zero-order valence-corrected chi connectivity index (χ0v) is 20.3. The molecule has 1 aromatic heterocycles. The second kappa shape index (κ2) is 9.75.